The van der Waals surface area contributed by atoms with E-state index in [2.05, 4.69) is 22.0 Å². The molecule has 40 heavy (non-hydrogen) atoms. The molecule has 0 spiro atoms. The predicted molar refractivity (Wildman–Crippen MR) is 163 cm³/mol. The molecule has 4 aromatic rings. The standard InChI is InChI=1S/C32H28BrNO5S/c1-3-37-28-18-23(17-26(33)30(28)39-20-22-9-6-8-21(2)16-22)19-29-31(35)34(32(36)40-29)14-15-38-27-13-7-11-24-10-4-5-12-25(24)27/h4-13,16-19H,3,14-15,20H2,1-2H3/b29-19-. The normalized spacial score (nSPS) is 14.3. The predicted octanol–water partition coefficient (Wildman–Crippen LogP) is 8.00. The number of aryl methyl sites for hydroxylation is 1. The fraction of sp³-hybridized carbons (Fsp3) is 0.188. The molecule has 6 nitrogen and oxygen atoms in total. The minimum Gasteiger partial charge on any atom is -0.491 e. The number of carbonyl (C=O) groups is 2. The zero-order valence-electron chi connectivity index (χ0n) is 22.2. The number of imide groups is 1. The first kappa shape index (κ1) is 27.8. The van der Waals surface area contributed by atoms with Crippen LogP contribution in [0.4, 0.5) is 4.79 Å². The smallest absolute Gasteiger partial charge is 0.293 e. The van der Waals surface area contributed by atoms with Crippen molar-refractivity contribution in [1.29, 1.82) is 0 Å². The third kappa shape index (κ3) is 6.35. The first-order valence-electron chi connectivity index (χ1n) is 12.9. The van der Waals surface area contributed by atoms with Crippen molar-refractivity contribution in [2.45, 2.75) is 20.5 Å². The zero-order valence-corrected chi connectivity index (χ0v) is 24.6. The van der Waals surface area contributed by atoms with Crippen molar-refractivity contribution in [3.63, 3.8) is 0 Å². The number of benzene rings is 4. The molecular formula is C32H28BrNO5S. The Hall–Kier alpha value is -3.75. The molecule has 0 atom stereocenters. The molecule has 1 saturated heterocycles. The second kappa shape index (κ2) is 12.6. The Morgan fingerprint density at radius 2 is 1.70 bits per heavy atom. The number of nitrogens with zero attached hydrogens (tertiary/aromatic N) is 1. The number of hydrogen-bond donors (Lipinski definition) is 0. The number of halogens is 1. The summed E-state index contributed by atoms with van der Waals surface area (Å²) >= 11 is 4.52. The molecule has 1 aliphatic rings. The minimum absolute atomic E-state index is 0.158. The van der Waals surface area contributed by atoms with Crippen LogP contribution in [0, 0.1) is 6.92 Å². The van der Waals surface area contributed by atoms with Crippen LogP contribution >= 0.6 is 27.7 Å². The largest absolute Gasteiger partial charge is 0.491 e. The quantitative estimate of drug-likeness (QED) is 0.168. The molecule has 1 heterocycles. The highest BCUT2D eigenvalue weighted by Crippen LogP contribution is 2.40. The number of fused-ring (bicyclic) bond motifs is 1. The highest BCUT2D eigenvalue weighted by molar-refractivity contribution is 9.10. The third-order valence-corrected chi connectivity index (χ3v) is 7.79. The van der Waals surface area contributed by atoms with Crippen LogP contribution in [-0.2, 0) is 11.4 Å². The second-order valence-corrected chi connectivity index (χ2v) is 11.0. The van der Waals surface area contributed by atoms with Crippen LogP contribution in [0.25, 0.3) is 16.8 Å². The second-order valence-electron chi connectivity index (χ2n) is 9.20. The number of thioether (sulfide) groups is 1. The maximum Gasteiger partial charge on any atom is 0.293 e. The Morgan fingerprint density at radius 3 is 2.52 bits per heavy atom. The summed E-state index contributed by atoms with van der Waals surface area (Å²) in [4.78, 5) is 27.4. The lowest BCUT2D eigenvalue weighted by atomic mass is 10.1. The summed E-state index contributed by atoms with van der Waals surface area (Å²) in [7, 11) is 0. The maximum atomic E-state index is 13.1. The van der Waals surface area contributed by atoms with E-state index in [0.29, 0.717) is 34.1 Å². The number of amides is 2. The molecule has 0 radical (unpaired) electrons. The molecular weight excluding hydrogens is 590 g/mol. The Bertz CT molecular complexity index is 1600. The van der Waals surface area contributed by atoms with Gasteiger partial charge in [0.2, 0.25) is 0 Å². The number of hydrogen-bond acceptors (Lipinski definition) is 6. The van der Waals surface area contributed by atoms with Gasteiger partial charge >= 0.3 is 0 Å². The Kier molecular flexibility index (Phi) is 8.77. The molecule has 5 rings (SSSR count). The lowest BCUT2D eigenvalue weighted by molar-refractivity contribution is -0.123. The third-order valence-electron chi connectivity index (χ3n) is 6.29. The summed E-state index contributed by atoms with van der Waals surface area (Å²) in [6, 6.07) is 25.6. The lowest BCUT2D eigenvalue weighted by Gasteiger charge is -2.15. The van der Waals surface area contributed by atoms with Crippen LogP contribution in [0.5, 0.6) is 17.2 Å². The van der Waals surface area contributed by atoms with Crippen molar-refractivity contribution < 1.29 is 23.8 Å². The summed E-state index contributed by atoms with van der Waals surface area (Å²) in [5.41, 5.74) is 2.93. The van der Waals surface area contributed by atoms with Crippen LogP contribution in [0.1, 0.15) is 23.6 Å². The topological polar surface area (TPSA) is 65.1 Å². The van der Waals surface area contributed by atoms with Gasteiger partial charge < -0.3 is 14.2 Å². The van der Waals surface area contributed by atoms with Crippen molar-refractivity contribution in [2.75, 3.05) is 19.8 Å². The van der Waals surface area contributed by atoms with Gasteiger partial charge in [0.05, 0.1) is 22.5 Å². The molecule has 0 saturated carbocycles. The average Bonchev–Trinajstić information content (AvgIpc) is 3.20. The molecule has 204 valence electrons. The van der Waals surface area contributed by atoms with Crippen LogP contribution < -0.4 is 14.2 Å². The van der Waals surface area contributed by atoms with Gasteiger partial charge in [-0.05, 0) is 82.3 Å². The lowest BCUT2D eigenvalue weighted by Crippen LogP contribution is -2.32. The molecule has 0 unspecified atom stereocenters. The van der Waals surface area contributed by atoms with Crippen molar-refractivity contribution in [1.82, 2.24) is 4.90 Å². The fourth-order valence-corrected chi connectivity index (χ4v) is 5.88. The van der Waals surface area contributed by atoms with Crippen molar-refractivity contribution in [2.24, 2.45) is 0 Å². The van der Waals surface area contributed by atoms with E-state index in [4.69, 9.17) is 14.2 Å². The molecule has 0 aromatic heterocycles. The van der Waals surface area contributed by atoms with Crippen LogP contribution in [0.2, 0.25) is 0 Å². The molecule has 8 heteroatoms. The first-order chi connectivity index (χ1) is 19.4. The summed E-state index contributed by atoms with van der Waals surface area (Å²) in [6.45, 7) is 5.14. The molecule has 0 aliphatic carbocycles. The van der Waals surface area contributed by atoms with Crippen LogP contribution in [-0.4, -0.2) is 35.8 Å². The Balaban J connectivity index is 1.28. The van der Waals surface area contributed by atoms with Crippen molar-refractivity contribution >= 4 is 55.7 Å². The van der Waals surface area contributed by atoms with Gasteiger partial charge in [-0.25, -0.2) is 0 Å². The highest BCUT2D eigenvalue weighted by Gasteiger charge is 2.35. The molecule has 2 amide bonds. The van der Waals surface area contributed by atoms with E-state index in [1.54, 1.807) is 6.08 Å². The van der Waals surface area contributed by atoms with Gasteiger partial charge in [-0.3, -0.25) is 14.5 Å². The van der Waals surface area contributed by atoms with Crippen molar-refractivity contribution in [3.05, 3.63) is 105 Å². The molecule has 1 aliphatic heterocycles. The zero-order chi connectivity index (χ0) is 28.1. The number of rotatable bonds is 10. The van der Waals surface area contributed by atoms with E-state index in [1.807, 2.05) is 86.6 Å². The highest BCUT2D eigenvalue weighted by atomic mass is 79.9. The summed E-state index contributed by atoms with van der Waals surface area (Å²) < 4.78 is 18.6. The monoisotopic (exact) mass is 617 g/mol. The van der Waals surface area contributed by atoms with Crippen LogP contribution in [0.3, 0.4) is 0 Å². The van der Waals surface area contributed by atoms with Gasteiger partial charge in [0.1, 0.15) is 19.0 Å². The fourth-order valence-electron chi connectivity index (χ4n) is 4.44. The summed E-state index contributed by atoms with van der Waals surface area (Å²) in [6.07, 6.45) is 1.70. The van der Waals surface area contributed by atoms with Gasteiger partial charge in [0.15, 0.2) is 11.5 Å². The molecule has 4 aromatic carbocycles. The van der Waals surface area contributed by atoms with Gasteiger partial charge in [-0.1, -0.05) is 66.2 Å². The van der Waals surface area contributed by atoms with Gasteiger partial charge in [0.25, 0.3) is 11.1 Å². The first-order valence-corrected chi connectivity index (χ1v) is 14.5. The van der Waals surface area contributed by atoms with Gasteiger partial charge in [-0.15, -0.1) is 0 Å². The summed E-state index contributed by atoms with van der Waals surface area (Å²) in [5.74, 6) is 1.52. The Morgan fingerprint density at radius 1 is 0.900 bits per heavy atom. The van der Waals surface area contributed by atoms with Gasteiger partial charge in [0, 0.05) is 5.39 Å². The SMILES string of the molecule is CCOc1cc(/C=C2\SC(=O)N(CCOc3cccc4ccccc34)C2=O)cc(Br)c1OCc1cccc(C)c1. The number of carbonyl (C=O) groups excluding carboxylic acids is 2. The minimum atomic E-state index is -0.342. The molecule has 0 N–H and O–H groups in total. The van der Waals surface area contributed by atoms with E-state index in [9.17, 15) is 9.59 Å². The van der Waals surface area contributed by atoms with Gasteiger partial charge in [-0.2, -0.15) is 0 Å². The Labute approximate surface area is 246 Å². The maximum absolute atomic E-state index is 13.1. The average molecular weight is 619 g/mol. The van der Waals surface area contributed by atoms with E-state index in [-0.39, 0.29) is 24.3 Å². The van der Waals surface area contributed by atoms with E-state index >= 15 is 0 Å². The van der Waals surface area contributed by atoms with E-state index in [0.717, 1.165) is 45.0 Å². The molecule has 1 fully saturated rings. The summed E-state index contributed by atoms with van der Waals surface area (Å²) in [5, 5.41) is 1.74. The van der Waals surface area contributed by atoms with Crippen molar-refractivity contribution in [3.8, 4) is 17.2 Å². The molecule has 0 bridgehead atoms. The van der Waals surface area contributed by atoms with E-state index < -0.39 is 0 Å². The van der Waals surface area contributed by atoms with Crippen LogP contribution in [0.15, 0.2) is 88.2 Å². The van der Waals surface area contributed by atoms with E-state index in [1.165, 1.54) is 4.90 Å². The number of ether oxygens (including phenoxy) is 3.